The lowest BCUT2D eigenvalue weighted by atomic mass is 10.2. The third-order valence-electron chi connectivity index (χ3n) is 1.98. The van der Waals surface area contributed by atoms with E-state index in [1.807, 2.05) is 18.3 Å². The van der Waals surface area contributed by atoms with Crippen molar-refractivity contribution in [1.82, 2.24) is 4.57 Å². The van der Waals surface area contributed by atoms with Crippen molar-refractivity contribution in [3.05, 3.63) is 34.2 Å². The van der Waals surface area contributed by atoms with Gasteiger partial charge < -0.3 is 10.3 Å². The van der Waals surface area contributed by atoms with Gasteiger partial charge in [-0.05, 0) is 25.5 Å². The van der Waals surface area contributed by atoms with Crippen LogP contribution in [-0.2, 0) is 13.0 Å². The molecule has 0 aliphatic carbocycles. The zero-order valence-corrected chi connectivity index (χ0v) is 7.99. The van der Waals surface area contributed by atoms with E-state index in [2.05, 4.69) is 6.92 Å². The lowest BCUT2D eigenvalue weighted by molar-refractivity contribution is 0.646. The highest BCUT2D eigenvalue weighted by atomic mass is 16.1. The minimum absolute atomic E-state index is 0.106. The lowest BCUT2D eigenvalue weighted by Crippen LogP contribution is -2.24. The summed E-state index contributed by atoms with van der Waals surface area (Å²) in [6.07, 6.45) is 3.47. The first-order chi connectivity index (χ1) is 6.29. The molecule has 0 atom stereocenters. The summed E-state index contributed by atoms with van der Waals surface area (Å²) in [5, 5.41) is 0. The number of hydrogen-bond donors (Lipinski definition) is 1. The number of pyridine rings is 1. The molecule has 2 N–H and O–H groups in total. The molecule has 1 aromatic rings. The standard InChI is InChI=1S/C10H16N2O/c1-2-7-12-8-3-4-9(5-6-11)10(12)13/h3-4,8H,2,5-7,11H2,1H3. The highest BCUT2D eigenvalue weighted by Crippen LogP contribution is 1.93. The predicted molar refractivity (Wildman–Crippen MR) is 53.8 cm³/mol. The Labute approximate surface area is 78.2 Å². The molecule has 0 spiro atoms. The summed E-state index contributed by atoms with van der Waals surface area (Å²) >= 11 is 0. The molecule has 1 rings (SSSR count). The molecule has 0 amide bonds. The van der Waals surface area contributed by atoms with E-state index >= 15 is 0 Å². The van der Waals surface area contributed by atoms with Crippen LogP contribution in [-0.4, -0.2) is 11.1 Å². The van der Waals surface area contributed by atoms with Crippen LogP contribution < -0.4 is 11.3 Å². The second-order valence-corrected chi connectivity index (χ2v) is 3.07. The van der Waals surface area contributed by atoms with Crippen LogP contribution in [0, 0.1) is 0 Å². The minimum atomic E-state index is 0.106. The summed E-state index contributed by atoms with van der Waals surface area (Å²) in [5.41, 5.74) is 6.33. The minimum Gasteiger partial charge on any atom is -0.330 e. The molecule has 72 valence electrons. The Morgan fingerprint density at radius 3 is 2.92 bits per heavy atom. The monoisotopic (exact) mass is 180 g/mol. The molecule has 1 aromatic heterocycles. The van der Waals surface area contributed by atoms with Crippen LogP contribution in [0.2, 0.25) is 0 Å². The van der Waals surface area contributed by atoms with E-state index < -0.39 is 0 Å². The van der Waals surface area contributed by atoms with Crippen LogP contribution in [0.5, 0.6) is 0 Å². The highest BCUT2D eigenvalue weighted by Gasteiger charge is 2.00. The first-order valence-corrected chi connectivity index (χ1v) is 4.68. The second-order valence-electron chi connectivity index (χ2n) is 3.07. The van der Waals surface area contributed by atoms with Crippen molar-refractivity contribution < 1.29 is 0 Å². The zero-order chi connectivity index (χ0) is 9.68. The number of nitrogens with zero attached hydrogens (tertiary/aromatic N) is 1. The topological polar surface area (TPSA) is 48.0 Å². The number of hydrogen-bond acceptors (Lipinski definition) is 2. The van der Waals surface area contributed by atoms with Gasteiger partial charge >= 0.3 is 0 Å². The van der Waals surface area contributed by atoms with Crippen LogP contribution in [0.4, 0.5) is 0 Å². The van der Waals surface area contributed by atoms with Gasteiger partial charge in [0.25, 0.3) is 5.56 Å². The highest BCUT2D eigenvalue weighted by molar-refractivity contribution is 5.10. The molecular formula is C10H16N2O. The molecule has 1 heterocycles. The maximum absolute atomic E-state index is 11.7. The molecular weight excluding hydrogens is 164 g/mol. The van der Waals surface area contributed by atoms with Crippen molar-refractivity contribution in [2.24, 2.45) is 5.73 Å². The van der Waals surface area contributed by atoms with Crippen molar-refractivity contribution in [3.8, 4) is 0 Å². The van der Waals surface area contributed by atoms with Crippen LogP contribution >= 0.6 is 0 Å². The van der Waals surface area contributed by atoms with E-state index in [4.69, 9.17) is 5.73 Å². The Morgan fingerprint density at radius 1 is 1.54 bits per heavy atom. The fourth-order valence-electron chi connectivity index (χ4n) is 1.35. The van der Waals surface area contributed by atoms with Gasteiger partial charge in [-0.25, -0.2) is 0 Å². The van der Waals surface area contributed by atoms with Gasteiger partial charge in [-0.3, -0.25) is 4.79 Å². The van der Waals surface area contributed by atoms with E-state index in [1.54, 1.807) is 4.57 Å². The van der Waals surface area contributed by atoms with Gasteiger partial charge in [0, 0.05) is 18.3 Å². The Hall–Kier alpha value is -1.09. The predicted octanol–water partition coefficient (Wildman–Crippen LogP) is 0.759. The van der Waals surface area contributed by atoms with Gasteiger partial charge in [-0.15, -0.1) is 0 Å². The first-order valence-electron chi connectivity index (χ1n) is 4.68. The van der Waals surface area contributed by atoms with E-state index in [1.165, 1.54) is 0 Å². The fourth-order valence-corrected chi connectivity index (χ4v) is 1.35. The van der Waals surface area contributed by atoms with E-state index in [0.29, 0.717) is 13.0 Å². The average Bonchev–Trinajstić information content (AvgIpc) is 2.13. The first kappa shape index (κ1) is 9.99. The van der Waals surface area contributed by atoms with Crippen molar-refractivity contribution >= 4 is 0 Å². The lowest BCUT2D eigenvalue weighted by Gasteiger charge is -2.05. The van der Waals surface area contributed by atoms with Gasteiger partial charge in [0.05, 0.1) is 0 Å². The number of aromatic nitrogens is 1. The third kappa shape index (κ3) is 2.42. The molecule has 3 heteroatoms. The number of rotatable bonds is 4. The molecule has 0 aromatic carbocycles. The average molecular weight is 180 g/mol. The van der Waals surface area contributed by atoms with Gasteiger partial charge in [0.1, 0.15) is 0 Å². The van der Waals surface area contributed by atoms with Gasteiger partial charge in [0.2, 0.25) is 0 Å². The molecule has 0 bridgehead atoms. The van der Waals surface area contributed by atoms with E-state index in [0.717, 1.165) is 18.5 Å². The molecule has 0 saturated carbocycles. The number of nitrogens with two attached hydrogens (primary N) is 1. The van der Waals surface area contributed by atoms with Crippen molar-refractivity contribution in [1.29, 1.82) is 0 Å². The van der Waals surface area contributed by atoms with Crippen molar-refractivity contribution in [3.63, 3.8) is 0 Å². The molecule has 0 aliphatic heterocycles. The summed E-state index contributed by atoms with van der Waals surface area (Å²) in [5.74, 6) is 0. The van der Waals surface area contributed by atoms with Gasteiger partial charge in [0.15, 0.2) is 0 Å². The Kier molecular flexibility index (Phi) is 3.71. The second kappa shape index (κ2) is 4.82. The van der Waals surface area contributed by atoms with Crippen LogP contribution in [0.1, 0.15) is 18.9 Å². The fraction of sp³-hybridized carbons (Fsp3) is 0.500. The maximum Gasteiger partial charge on any atom is 0.253 e. The normalized spacial score (nSPS) is 10.3. The number of aryl methyl sites for hydroxylation is 1. The summed E-state index contributed by atoms with van der Waals surface area (Å²) in [4.78, 5) is 11.7. The largest absolute Gasteiger partial charge is 0.330 e. The summed E-state index contributed by atoms with van der Waals surface area (Å²) in [6, 6.07) is 3.75. The van der Waals surface area contributed by atoms with E-state index in [-0.39, 0.29) is 5.56 Å². The van der Waals surface area contributed by atoms with Crippen molar-refractivity contribution in [2.75, 3.05) is 6.54 Å². The van der Waals surface area contributed by atoms with Gasteiger partial charge in [-0.2, -0.15) is 0 Å². The van der Waals surface area contributed by atoms with Gasteiger partial charge in [-0.1, -0.05) is 13.0 Å². The van der Waals surface area contributed by atoms with E-state index in [9.17, 15) is 4.79 Å². The SMILES string of the molecule is CCCn1cccc(CCN)c1=O. The summed E-state index contributed by atoms with van der Waals surface area (Å²) in [6.45, 7) is 3.38. The summed E-state index contributed by atoms with van der Waals surface area (Å²) in [7, 11) is 0. The van der Waals surface area contributed by atoms with Crippen LogP contribution in [0.25, 0.3) is 0 Å². The maximum atomic E-state index is 11.7. The Morgan fingerprint density at radius 2 is 2.31 bits per heavy atom. The van der Waals surface area contributed by atoms with Crippen LogP contribution in [0.3, 0.4) is 0 Å². The van der Waals surface area contributed by atoms with Crippen LogP contribution in [0.15, 0.2) is 23.1 Å². The summed E-state index contributed by atoms with van der Waals surface area (Å²) < 4.78 is 1.74. The smallest absolute Gasteiger partial charge is 0.253 e. The quantitative estimate of drug-likeness (QED) is 0.743. The molecule has 0 aliphatic rings. The zero-order valence-electron chi connectivity index (χ0n) is 7.99. The third-order valence-corrected chi connectivity index (χ3v) is 1.98. The molecule has 0 unspecified atom stereocenters. The molecule has 13 heavy (non-hydrogen) atoms. The molecule has 0 fully saturated rings. The van der Waals surface area contributed by atoms with Crippen molar-refractivity contribution in [2.45, 2.75) is 26.3 Å². The Balaban J connectivity index is 2.97. The molecule has 0 radical (unpaired) electrons. The molecule has 3 nitrogen and oxygen atoms in total. The Bertz CT molecular complexity index is 290. The molecule has 0 saturated heterocycles.